The zero-order chi connectivity index (χ0) is 15.7. The van der Waals surface area contributed by atoms with Gasteiger partial charge in [0.1, 0.15) is 11.9 Å². The van der Waals surface area contributed by atoms with Crippen molar-refractivity contribution in [2.45, 2.75) is 25.5 Å². The minimum absolute atomic E-state index is 0.0551. The van der Waals surface area contributed by atoms with Gasteiger partial charge in [-0.3, -0.25) is 4.79 Å². The lowest BCUT2D eigenvalue weighted by molar-refractivity contribution is 0.0794. The number of halogens is 2. The van der Waals surface area contributed by atoms with E-state index in [4.69, 9.17) is 20.9 Å². The van der Waals surface area contributed by atoms with Crippen molar-refractivity contribution in [3.8, 4) is 0 Å². The summed E-state index contributed by atoms with van der Waals surface area (Å²) in [4.78, 5) is 12.1. The maximum Gasteiger partial charge on any atom is 0.290 e. The fourth-order valence-corrected chi connectivity index (χ4v) is 2.58. The summed E-state index contributed by atoms with van der Waals surface area (Å²) in [7, 11) is 0. The zero-order valence-electron chi connectivity index (χ0n) is 11.8. The van der Waals surface area contributed by atoms with Crippen molar-refractivity contribution < 1.29 is 18.4 Å². The van der Waals surface area contributed by atoms with E-state index in [1.807, 2.05) is 0 Å². The first-order valence-electron chi connectivity index (χ1n) is 6.85. The van der Waals surface area contributed by atoms with Crippen molar-refractivity contribution >= 4 is 17.5 Å². The third-order valence-electron chi connectivity index (χ3n) is 3.53. The molecule has 1 aromatic carbocycles. The highest BCUT2D eigenvalue weighted by Gasteiger charge is 2.32. The van der Waals surface area contributed by atoms with Gasteiger partial charge in [0.25, 0.3) is 5.91 Å². The number of ether oxygens (including phenoxy) is 1. The number of rotatable bonds is 3. The summed E-state index contributed by atoms with van der Waals surface area (Å²) < 4.78 is 24.1. The SMILES string of the molecule is Cc1cc(C(=O)N[C@@H]2CCO[C@H]2c2ccc(Cl)c(F)c2)on1. The second-order valence-electron chi connectivity index (χ2n) is 5.17. The molecule has 2 atom stereocenters. The van der Waals surface area contributed by atoms with E-state index in [9.17, 15) is 9.18 Å². The van der Waals surface area contributed by atoms with Gasteiger partial charge in [0.15, 0.2) is 0 Å². The number of hydrogen-bond acceptors (Lipinski definition) is 4. The van der Waals surface area contributed by atoms with Crippen LogP contribution in [0.4, 0.5) is 4.39 Å². The maximum atomic E-state index is 13.6. The predicted molar refractivity (Wildman–Crippen MR) is 77.2 cm³/mol. The van der Waals surface area contributed by atoms with Gasteiger partial charge in [0.2, 0.25) is 5.76 Å². The molecule has 3 rings (SSSR count). The van der Waals surface area contributed by atoms with Gasteiger partial charge in [0.05, 0.1) is 16.8 Å². The summed E-state index contributed by atoms with van der Waals surface area (Å²) in [6, 6.07) is 5.79. The average Bonchev–Trinajstić information content (AvgIpc) is 3.11. The van der Waals surface area contributed by atoms with Crippen LogP contribution in [-0.4, -0.2) is 23.7 Å². The molecular weight excluding hydrogens is 311 g/mol. The first-order valence-corrected chi connectivity index (χ1v) is 7.23. The van der Waals surface area contributed by atoms with Crippen molar-refractivity contribution in [2.24, 2.45) is 0 Å². The lowest BCUT2D eigenvalue weighted by Gasteiger charge is -2.19. The lowest BCUT2D eigenvalue weighted by Crippen LogP contribution is -2.36. The minimum atomic E-state index is -0.509. The highest BCUT2D eigenvalue weighted by atomic mass is 35.5. The molecule has 1 aliphatic heterocycles. The van der Waals surface area contributed by atoms with E-state index < -0.39 is 11.9 Å². The Morgan fingerprint density at radius 1 is 1.45 bits per heavy atom. The quantitative estimate of drug-likeness (QED) is 0.942. The Balaban J connectivity index is 1.75. The van der Waals surface area contributed by atoms with Gasteiger partial charge in [-0.2, -0.15) is 0 Å². The van der Waals surface area contributed by atoms with Crippen LogP contribution in [-0.2, 0) is 4.74 Å². The first-order chi connectivity index (χ1) is 10.5. The highest BCUT2D eigenvalue weighted by molar-refractivity contribution is 6.30. The fraction of sp³-hybridized carbons (Fsp3) is 0.333. The summed E-state index contributed by atoms with van der Waals surface area (Å²) >= 11 is 5.69. The van der Waals surface area contributed by atoms with Gasteiger partial charge in [-0.15, -0.1) is 0 Å². The number of hydrogen-bond donors (Lipinski definition) is 1. The number of nitrogens with zero attached hydrogens (tertiary/aromatic N) is 1. The number of amides is 1. The van der Waals surface area contributed by atoms with Crippen molar-refractivity contribution in [3.05, 3.63) is 52.1 Å². The Morgan fingerprint density at radius 2 is 2.27 bits per heavy atom. The molecule has 1 amide bonds. The summed E-state index contributed by atoms with van der Waals surface area (Å²) in [5.74, 6) is -0.730. The molecule has 1 aliphatic rings. The Bertz CT molecular complexity index is 704. The average molecular weight is 325 g/mol. The van der Waals surface area contributed by atoms with E-state index in [1.165, 1.54) is 12.1 Å². The van der Waals surface area contributed by atoms with Crippen molar-refractivity contribution in [3.63, 3.8) is 0 Å². The van der Waals surface area contributed by atoms with Crippen LogP contribution in [0, 0.1) is 12.7 Å². The molecule has 0 spiro atoms. The molecule has 5 nitrogen and oxygen atoms in total. The zero-order valence-corrected chi connectivity index (χ0v) is 12.6. The molecular formula is C15H14ClFN2O3. The molecule has 0 saturated carbocycles. The molecule has 22 heavy (non-hydrogen) atoms. The molecule has 1 N–H and O–H groups in total. The molecule has 7 heteroatoms. The van der Waals surface area contributed by atoms with Gasteiger partial charge in [0, 0.05) is 12.7 Å². The second-order valence-corrected chi connectivity index (χ2v) is 5.57. The molecule has 0 bridgehead atoms. The number of nitrogens with one attached hydrogen (secondary N) is 1. The highest BCUT2D eigenvalue weighted by Crippen LogP contribution is 2.31. The van der Waals surface area contributed by atoms with Crippen molar-refractivity contribution in [1.29, 1.82) is 0 Å². The van der Waals surface area contributed by atoms with Gasteiger partial charge in [-0.25, -0.2) is 4.39 Å². The Kier molecular flexibility index (Phi) is 4.13. The molecule has 0 radical (unpaired) electrons. The smallest absolute Gasteiger partial charge is 0.290 e. The van der Waals surface area contributed by atoms with Crippen LogP contribution in [0.15, 0.2) is 28.8 Å². The molecule has 2 heterocycles. The number of benzene rings is 1. The summed E-state index contributed by atoms with van der Waals surface area (Å²) in [5, 5.41) is 6.57. The maximum absolute atomic E-state index is 13.6. The van der Waals surface area contributed by atoms with Crippen LogP contribution in [0.3, 0.4) is 0 Å². The molecule has 1 aromatic heterocycles. The predicted octanol–water partition coefficient (Wildman–Crippen LogP) is 3.04. The van der Waals surface area contributed by atoms with E-state index in [0.29, 0.717) is 24.3 Å². The third kappa shape index (κ3) is 2.98. The van der Waals surface area contributed by atoms with Crippen LogP contribution in [0.5, 0.6) is 0 Å². The Morgan fingerprint density at radius 3 is 2.95 bits per heavy atom. The number of aromatic nitrogens is 1. The molecule has 1 fully saturated rings. The first kappa shape index (κ1) is 15.0. The Hall–Kier alpha value is -1.92. The van der Waals surface area contributed by atoms with Crippen LogP contribution in [0.25, 0.3) is 0 Å². The molecule has 1 saturated heterocycles. The minimum Gasteiger partial charge on any atom is -0.371 e. The second kappa shape index (κ2) is 6.06. The fourth-order valence-electron chi connectivity index (χ4n) is 2.47. The molecule has 116 valence electrons. The number of carbonyl (C=O) groups is 1. The summed E-state index contributed by atoms with van der Waals surface area (Å²) in [5.41, 5.74) is 1.27. The van der Waals surface area contributed by atoms with Gasteiger partial charge in [-0.05, 0) is 31.0 Å². The number of aryl methyl sites for hydroxylation is 1. The van der Waals surface area contributed by atoms with E-state index in [1.54, 1.807) is 19.1 Å². The largest absolute Gasteiger partial charge is 0.371 e. The standard InChI is InChI=1S/C15H14ClFN2O3/c1-8-6-13(22-19-8)15(20)18-12-4-5-21-14(12)9-2-3-10(16)11(17)7-9/h2-3,6-7,12,14H,4-5H2,1H3,(H,18,20)/t12-,14+/m1/s1. The van der Waals surface area contributed by atoms with Gasteiger partial charge >= 0.3 is 0 Å². The van der Waals surface area contributed by atoms with E-state index in [0.717, 1.165) is 0 Å². The molecule has 0 unspecified atom stereocenters. The van der Waals surface area contributed by atoms with Gasteiger partial charge < -0.3 is 14.6 Å². The summed E-state index contributed by atoms with van der Waals surface area (Å²) in [6.45, 7) is 2.22. The van der Waals surface area contributed by atoms with E-state index in [-0.39, 0.29) is 22.7 Å². The van der Waals surface area contributed by atoms with E-state index >= 15 is 0 Å². The van der Waals surface area contributed by atoms with Crippen LogP contribution in [0.1, 0.15) is 34.3 Å². The third-order valence-corrected chi connectivity index (χ3v) is 3.84. The van der Waals surface area contributed by atoms with Crippen LogP contribution < -0.4 is 5.32 Å². The van der Waals surface area contributed by atoms with E-state index in [2.05, 4.69) is 10.5 Å². The van der Waals surface area contributed by atoms with Crippen LogP contribution in [0.2, 0.25) is 5.02 Å². The number of carbonyl (C=O) groups excluding carboxylic acids is 1. The lowest BCUT2D eigenvalue weighted by atomic mass is 10.0. The topological polar surface area (TPSA) is 64.4 Å². The normalized spacial score (nSPS) is 21.0. The van der Waals surface area contributed by atoms with Crippen molar-refractivity contribution in [1.82, 2.24) is 10.5 Å². The van der Waals surface area contributed by atoms with Gasteiger partial charge in [-0.1, -0.05) is 22.8 Å². The Labute approximate surface area is 131 Å². The molecule has 2 aromatic rings. The summed E-state index contributed by atoms with van der Waals surface area (Å²) in [6.07, 6.45) is 0.216. The monoisotopic (exact) mass is 324 g/mol. The molecule has 0 aliphatic carbocycles. The van der Waals surface area contributed by atoms with Crippen molar-refractivity contribution in [2.75, 3.05) is 6.61 Å². The van der Waals surface area contributed by atoms with Crippen LogP contribution >= 0.6 is 11.6 Å².